The molecule has 4 rings (SSSR count). The summed E-state index contributed by atoms with van der Waals surface area (Å²) < 4.78 is 0. The molecule has 0 spiro atoms. The average molecular weight is 417 g/mol. The van der Waals surface area contributed by atoms with E-state index in [1.165, 1.54) is 6.07 Å². The van der Waals surface area contributed by atoms with Crippen LogP contribution in [-0.4, -0.2) is 22.0 Å². The van der Waals surface area contributed by atoms with Gasteiger partial charge >= 0.3 is 5.97 Å². The predicted octanol–water partition coefficient (Wildman–Crippen LogP) is 4.50. The topological polar surface area (TPSA) is 79.3 Å². The van der Waals surface area contributed by atoms with Gasteiger partial charge in [0.05, 0.1) is 16.3 Å². The number of carbonyl (C=O) groups is 2. The lowest BCUT2D eigenvalue weighted by atomic mass is 10.0. The van der Waals surface area contributed by atoms with Gasteiger partial charge < -0.3 is 10.4 Å². The molecule has 148 valence electrons. The van der Waals surface area contributed by atoms with Crippen LogP contribution in [0, 0.1) is 12.3 Å². The molecule has 0 saturated heterocycles. The minimum Gasteiger partial charge on any atom is -0.476 e. The van der Waals surface area contributed by atoms with Crippen molar-refractivity contribution in [1.29, 1.82) is 0 Å². The molecule has 0 radical (unpaired) electrons. The maximum absolute atomic E-state index is 12.7. The molecule has 5 nitrogen and oxygen atoms in total. The van der Waals surface area contributed by atoms with Crippen molar-refractivity contribution < 1.29 is 14.7 Å². The number of hydrogen-bond acceptors (Lipinski definition) is 3. The molecule has 2 aromatic carbocycles. The molecule has 0 aliphatic heterocycles. The number of halogens is 1. The molecule has 1 aromatic heterocycles. The van der Waals surface area contributed by atoms with Crippen LogP contribution in [-0.2, 0) is 5.54 Å². The van der Waals surface area contributed by atoms with Gasteiger partial charge in [0.25, 0.3) is 5.91 Å². The fourth-order valence-corrected chi connectivity index (χ4v) is 3.52. The number of pyridine rings is 1. The zero-order valence-electron chi connectivity index (χ0n) is 15.9. The molecule has 1 saturated carbocycles. The Morgan fingerprint density at radius 3 is 2.27 bits per heavy atom. The first-order valence-corrected chi connectivity index (χ1v) is 9.70. The second-order valence-corrected chi connectivity index (χ2v) is 7.57. The Balaban J connectivity index is 1.54. The van der Waals surface area contributed by atoms with E-state index in [1.54, 1.807) is 30.3 Å². The summed E-state index contributed by atoms with van der Waals surface area (Å²) in [5, 5.41) is 12.4. The number of rotatable bonds is 5. The lowest BCUT2D eigenvalue weighted by molar-refractivity contribution is 0.0690. The van der Waals surface area contributed by atoms with E-state index in [2.05, 4.69) is 16.2 Å². The van der Waals surface area contributed by atoms with E-state index in [9.17, 15) is 14.7 Å². The summed E-state index contributed by atoms with van der Waals surface area (Å²) in [6, 6.07) is 17.7. The summed E-state index contributed by atoms with van der Waals surface area (Å²) in [6.45, 7) is 0. The standard InChI is InChI=1S/C24H17ClN2O3/c1-2-15-3-5-17(6-4-15)22(28)27-24(13-14-24)18-9-7-16(8-10-18)20-12-11-19(25)21(26-20)23(29)30/h1,3-12H,13-14H2,(H,27,28)(H,29,30). The number of nitrogens with one attached hydrogen (secondary N) is 1. The van der Waals surface area contributed by atoms with E-state index in [1.807, 2.05) is 24.3 Å². The number of amides is 1. The summed E-state index contributed by atoms with van der Waals surface area (Å²) in [7, 11) is 0. The summed E-state index contributed by atoms with van der Waals surface area (Å²) in [4.78, 5) is 28.0. The molecular formula is C24H17ClN2O3. The van der Waals surface area contributed by atoms with Crippen molar-refractivity contribution in [2.75, 3.05) is 0 Å². The minimum absolute atomic E-state index is 0.0952. The molecule has 3 aromatic rings. The van der Waals surface area contributed by atoms with Gasteiger partial charge in [0.15, 0.2) is 5.69 Å². The normalized spacial score (nSPS) is 13.9. The zero-order chi connectivity index (χ0) is 21.3. The smallest absolute Gasteiger partial charge is 0.356 e. The number of benzene rings is 2. The van der Waals surface area contributed by atoms with Crippen molar-refractivity contribution in [2.45, 2.75) is 18.4 Å². The van der Waals surface area contributed by atoms with Crippen LogP contribution in [0.3, 0.4) is 0 Å². The Labute approximate surface area is 178 Å². The van der Waals surface area contributed by atoms with Crippen molar-refractivity contribution in [3.63, 3.8) is 0 Å². The minimum atomic E-state index is -1.17. The van der Waals surface area contributed by atoms with E-state index in [0.717, 1.165) is 29.5 Å². The molecule has 1 heterocycles. The van der Waals surface area contributed by atoms with Gasteiger partial charge in [-0.1, -0.05) is 41.8 Å². The highest BCUT2D eigenvalue weighted by molar-refractivity contribution is 6.33. The maximum Gasteiger partial charge on any atom is 0.356 e. The van der Waals surface area contributed by atoms with E-state index in [0.29, 0.717) is 11.3 Å². The molecule has 30 heavy (non-hydrogen) atoms. The summed E-state index contributed by atoms with van der Waals surface area (Å²) in [6.07, 6.45) is 7.06. The third kappa shape index (κ3) is 3.78. The highest BCUT2D eigenvalue weighted by atomic mass is 35.5. The van der Waals surface area contributed by atoms with E-state index < -0.39 is 5.97 Å². The molecule has 0 unspecified atom stereocenters. The van der Waals surface area contributed by atoms with Crippen LogP contribution in [0.2, 0.25) is 5.02 Å². The Morgan fingerprint density at radius 1 is 1.03 bits per heavy atom. The highest BCUT2D eigenvalue weighted by Gasteiger charge is 2.45. The van der Waals surface area contributed by atoms with E-state index in [-0.39, 0.29) is 22.2 Å². The number of terminal acetylenes is 1. The molecule has 0 atom stereocenters. The highest BCUT2D eigenvalue weighted by Crippen LogP contribution is 2.46. The Morgan fingerprint density at radius 2 is 1.70 bits per heavy atom. The molecule has 1 fully saturated rings. The molecule has 1 aliphatic rings. The SMILES string of the molecule is C#Cc1ccc(C(=O)NC2(c3ccc(-c4ccc(Cl)c(C(=O)O)n4)cc3)CC2)cc1. The molecule has 1 amide bonds. The quantitative estimate of drug-likeness (QED) is 0.600. The van der Waals surface area contributed by atoms with Crippen molar-refractivity contribution in [1.82, 2.24) is 10.3 Å². The van der Waals surface area contributed by atoms with Gasteiger partial charge in [0.2, 0.25) is 0 Å². The second kappa shape index (κ2) is 7.66. The number of aromatic nitrogens is 1. The van der Waals surface area contributed by atoms with Gasteiger partial charge in [0, 0.05) is 16.7 Å². The van der Waals surface area contributed by atoms with Crippen LogP contribution in [0.15, 0.2) is 60.7 Å². The summed E-state index contributed by atoms with van der Waals surface area (Å²) in [5.41, 5.74) is 3.00. The van der Waals surface area contributed by atoms with Gasteiger partial charge in [-0.25, -0.2) is 9.78 Å². The molecule has 1 aliphatic carbocycles. The van der Waals surface area contributed by atoms with Crippen molar-refractivity contribution >= 4 is 23.5 Å². The number of carboxylic acids is 1. The number of carbonyl (C=O) groups excluding carboxylic acids is 1. The van der Waals surface area contributed by atoms with Gasteiger partial charge in [0.1, 0.15) is 0 Å². The number of carboxylic acid groups (broad SMARTS) is 1. The summed E-state index contributed by atoms with van der Waals surface area (Å²) in [5.74, 6) is 1.21. The van der Waals surface area contributed by atoms with Crippen LogP contribution < -0.4 is 5.32 Å². The fraction of sp³-hybridized carbons (Fsp3) is 0.125. The van der Waals surface area contributed by atoms with E-state index >= 15 is 0 Å². The first-order valence-electron chi connectivity index (χ1n) is 9.32. The molecule has 2 N–H and O–H groups in total. The van der Waals surface area contributed by atoms with Gasteiger partial charge in [-0.2, -0.15) is 0 Å². The Bertz CT molecular complexity index is 1170. The zero-order valence-corrected chi connectivity index (χ0v) is 16.6. The van der Waals surface area contributed by atoms with Gasteiger partial charge in [-0.05, 0) is 54.8 Å². The van der Waals surface area contributed by atoms with Crippen molar-refractivity contribution in [3.8, 4) is 23.6 Å². The predicted molar refractivity (Wildman–Crippen MR) is 114 cm³/mol. The number of hydrogen-bond donors (Lipinski definition) is 2. The number of nitrogens with zero attached hydrogens (tertiary/aromatic N) is 1. The Hall–Kier alpha value is -3.62. The Kier molecular flexibility index (Phi) is 5.03. The monoisotopic (exact) mass is 416 g/mol. The van der Waals surface area contributed by atoms with Gasteiger partial charge in [-0.15, -0.1) is 6.42 Å². The van der Waals surface area contributed by atoms with Crippen molar-refractivity contribution in [2.24, 2.45) is 0 Å². The van der Waals surface area contributed by atoms with Crippen LogP contribution in [0.25, 0.3) is 11.3 Å². The second-order valence-electron chi connectivity index (χ2n) is 7.17. The lowest BCUT2D eigenvalue weighted by Gasteiger charge is -2.18. The first-order chi connectivity index (χ1) is 14.4. The van der Waals surface area contributed by atoms with Crippen LogP contribution in [0.1, 0.15) is 44.8 Å². The largest absolute Gasteiger partial charge is 0.476 e. The number of aromatic carboxylic acids is 1. The van der Waals surface area contributed by atoms with Crippen LogP contribution >= 0.6 is 11.6 Å². The third-order valence-electron chi connectivity index (χ3n) is 5.20. The average Bonchev–Trinajstić information content (AvgIpc) is 3.54. The van der Waals surface area contributed by atoms with Gasteiger partial charge in [-0.3, -0.25) is 4.79 Å². The third-order valence-corrected chi connectivity index (χ3v) is 5.50. The lowest BCUT2D eigenvalue weighted by Crippen LogP contribution is -2.34. The maximum atomic E-state index is 12.7. The van der Waals surface area contributed by atoms with Crippen molar-refractivity contribution in [3.05, 3.63) is 88.1 Å². The van der Waals surface area contributed by atoms with Crippen LogP contribution in [0.5, 0.6) is 0 Å². The fourth-order valence-electron chi connectivity index (χ4n) is 3.33. The molecule has 0 bridgehead atoms. The van der Waals surface area contributed by atoms with Crippen LogP contribution in [0.4, 0.5) is 0 Å². The molecular weight excluding hydrogens is 400 g/mol. The van der Waals surface area contributed by atoms with E-state index in [4.69, 9.17) is 18.0 Å². The summed E-state index contributed by atoms with van der Waals surface area (Å²) >= 11 is 5.89. The molecule has 6 heteroatoms. The first kappa shape index (κ1) is 19.7.